The van der Waals surface area contributed by atoms with E-state index in [1.54, 1.807) is 13.8 Å². The first-order chi connectivity index (χ1) is 8.35. The van der Waals surface area contributed by atoms with Crippen LogP contribution in [0.4, 0.5) is 8.78 Å². The summed E-state index contributed by atoms with van der Waals surface area (Å²) >= 11 is 0. The van der Waals surface area contributed by atoms with Crippen LogP contribution in [0.1, 0.15) is 19.4 Å². The molecule has 1 rings (SSSR count). The van der Waals surface area contributed by atoms with Gasteiger partial charge in [0.1, 0.15) is 0 Å². The molecule has 1 aromatic rings. The largest absolute Gasteiger partial charge is 0.481 e. The molecular formula is C13H17F2NO2. The molecule has 18 heavy (non-hydrogen) atoms. The molecule has 1 unspecified atom stereocenters. The fourth-order valence-electron chi connectivity index (χ4n) is 1.95. The SMILES string of the molecule is CC(C)C(CN)(Cc1cccc(F)c1F)C(=O)O. The average molecular weight is 257 g/mol. The van der Waals surface area contributed by atoms with Crippen molar-refractivity contribution in [2.75, 3.05) is 6.54 Å². The van der Waals surface area contributed by atoms with Crippen molar-refractivity contribution in [3.8, 4) is 0 Å². The highest BCUT2D eigenvalue weighted by Gasteiger charge is 2.41. The van der Waals surface area contributed by atoms with Gasteiger partial charge in [-0.05, 0) is 24.0 Å². The highest BCUT2D eigenvalue weighted by atomic mass is 19.2. The zero-order valence-corrected chi connectivity index (χ0v) is 10.4. The normalized spacial score (nSPS) is 14.6. The van der Waals surface area contributed by atoms with Gasteiger partial charge >= 0.3 is 5.97 Å². The van der Waals surface area contributed by atoms with Crippen LogP contribution in [-0.2, 0) is 11.2 Å². The topological polar surface area (TPSA) is 63.3 Å². The van der Waals surface area contributed by atoms with E-state index in [0.29, 0.717) is 0 Å². The number of rotatable bonds is 5. The monoisotopic (exact) mass is 257 g/mol. The third-order valence-corrected chi connectivity index (χ3v) is 3.43. The molecule has 100 valence electrons. The lowest BCUT2D eigenvalue weighted by Crippen LogP contribution is -2.45. The smallest absolute Gasteiger partial charge is 0.311 e. The van der Waals surface area contributed by atoms with E-state index in [1.807, 2.05) is 0 Å². The molecule has 0 amide bonds. The molecule has 0 spiro atoms. The molecule has 0 aromatic heterocycles. The van der Waals surface area contributed by atoms with E-state index in [9.17, 15) is 18.7 Å². The van der Waals surface area contributed by atoms with E-state index in [-0.39, 0.29) is 24.4 Å². The van der Waals surface area contributed by atoms with Gasteiger partial charge in [-0.2, -0.15) is 0 Å². The molecule has 1 aromatic carbocycles. The Morgan fingerprint density at radius 2 is 2.06 bits per heavy atom. The second-order valence-electron chi connectivity index (χ2n) is 4.71. The molecule has 3 N–H and O–H groups in total. The Balaban J connectivity index is 3.19. The van der Waals surface area contributed by atoms with Gasteiger partial charge in [0.15, 0.2) is 11.6 Å². The van der Waals surface area contributed by atoms with Crippen molar-refractivity contribution in [3.63, 3.8) is 0 Å². The van der Waals surface area contributed by atoms with Gasteiger partial charge in [0, 0.05) is 6.54 Å². The first-order valence-electron chi connectivity index (χ1n) is 5.71. The fourth-order valence-corrected chi connectivity index (χ4v) is 1.95. The summed E-state index contributed by atoms with van der Waals surface area (Å²) in [6.07, 6.45) is -0.125. The summed E-state index contributed by atoms with van der Waals surface area (Å²) in [4.78, 5) is 11.4. The van der Waals surface area contributed by atoms with E-state index in [0.717, 1.165) is 6.07 Å². The number of carboxylic acid groups (broad SMARTS) is 1. The maximum absolute atomic E-state index is 13.6. The number of carboxylic acids is 1. The number of benzene rings is 1. The summed E-state index contributed by atoms with van der Waals surface area (Å²) in [5.41, 5.74) is 4.30. The number of halogens is 2. The van der Waals surface area contributed by atoms with Crippen molar-refractivity contribution in [1.29, 1.82) is 0 Å². The van der Waals surface area contributed by atoms with Crippen molar-refractivity contribution in [2.45, 2.75) is 20.3 Å². The Labute approximate surface area is 105 Å². The Morgan fingerprint density at radius 1 is 1.44 bits per heavy atom. The van der Waals surface area contributed by atoms with Crippen molar-refractivity contribution in [2.24, 2.45) is 17.1 Å². The first-order valence-corrected chi connectivity index (χ1v) is 5.71. The number of hydrogen-bond acceptors (Lipinski definition) is 2. The van der Waals surface area contributed by atoms with E-state index in [4.69, 9.17) is 5.73 Å². The van der Waals surface area contributed by atoms with Crippen LogP contribution < -0.4 is 5.73 Å². The van der Waals surface area contributed by atoms with Crippen LogP contribution in [-0.4, -0.2) is 17.6 Å². The first kappa shape index (κ1) is 14.6. The summed E-state index contributed by atoms with van der Waals surface area (Å²) in [6.45, 7) is 3.28. The van der Waals surface area contributed by atoms with Crippen LogP contribution in [0.5, 0.6) is 0 Å². The van der Waals surface area contributed by atoms with Crippen molar-refractivity contribution in [3.05, 3.63) is 35.4 Å². The zero-order valence-electron chi connectivity index (χ0n) is 10.4. The maximum atomic E-state index is 13.6. The highest BCUT2D eigenvalue weighted by molar-refractivity contribution is 5.75. The second-order valence-corrected chi connectivity index (χ2v) is 4.71. The van der Waals surface area contributed by atoms with Gasteiger partial charge in [0.05, 0.1) is 5.41 Å². The van der Waals surface area contributed by atoms with Gasteiger partial charge < -0.3 is 10.8 Å². The van der Waals surface area contributed by atoms with E-state index in [1.165, 1.54) is 12.1 Å². The van der Waals surface area contributed by atoms with Crippen molar-refractivity contribution in [1.82, 2.24) is 0 Å². The molecule has 0 aliphatic carbocycles. The molecule has 0 saturated carbocycles. The minimum absolute atomic E-state index is 0.0385. The molecule has 1 atom stereocenters. The summed E-state index contributed by atoms with van der Waals surface area (Å²) < 4.78 is 26.7. The van der Waals surface area contributed by atoms with Gasteiger partial charge in [-0.25, -0.2) is 8.78 Å². The minimum Gasteiger partial charge on any atom is -0.481 e. The average Bonchev–Trinajstić information content (AvgIpc) is 2.30. The number of hydrogen-bond donors (Lipinski definition) is 2. The molecule has 0 aliphatic heterocycles. The summed E-state index contributed by atoms with van der Waals surface area (Å²) in [5.74, 6) is -3.36. The molecule has 3 nitrogen and oxygen atoms in total. The van der Waals surface area contributed by atoms with Gasteiger partial charge in [-0.3, -0.25) is 4.79 Å². The standard InChI is InChI=1S/C13H17F2NO2/c1-8(2)13(7-16,12(17)18)6-9-4-3-5-10(14)11(9)15/h3-5,8H,6-7,16H2,1-2H3,(H,17,18). The third-order valence-electron chi connectivity index (χ3n) is 3.43. The fraction of sp³-hybridized carbons (Fsp3) is 0.462. The summed E-state index contributed by atoms with van der Waals surface area (Å²) in [5, 5.41) is 9.32. The van der Waals surface area contributed by atoms with Crippen LogP contribution in [0.15, 0.2) is 18.2 Å². The molecule has 0 bridgehead atoms. The van der Waals surface area contributed by atoms with Gasteiger partial charge in [-0.15, -0.1) is 0 Å². The molecule has 0 saturated heterocycles. The lowest BCUT2D eigenvalue weighted by molar-refractivity contribution is -0.151. The number of nitrogens with two attached hydrogens (primary N) is 1. The van der Waals surface area contributed by atoms with Crippen LogP contribution in [0, 0.1) is 23.0 Å². The molecule has 5 heteroatoms. The molecule has 0 heterocycles. The van der Waals surface area contributed by atoms with Gasteiger partial charge in [0.2, 0.25) is 0 Å². The zero-order chi connectivity index (χ0) is 13.9. The number of carbonyl (C=O) groups is 1. The molecular weight excluding hydrogens is 240 g/mol. The summed E-state index contributed by atoms with van der Waals surface area (Å²) in [6, 6.07) is 3.74. The van der Waals surface area contributed by atoms with E-state index >= 15 is 0 Å². The minimum atomic E-state index is -1.28. The molecule has 0 radical (unpaired) electrons. The van der Waals surface area contributed by atoms with Crippen LogP contribution in [0.3, 0.4) is 0 Å². The predicted octanol–water partition coefficient (Wildman–Crippen LogP) is 2.19. The van der Waals surface area contributed by atoms with Crippen LogP contribution in [0.2, 0.25) is 0 Å². The summed E-state index contributed by atoms with van der Waals surface area (Å²) in [7, 11) is 0. The Kier molecular flexibility index (Phi) is 4.40. The quantitative estimate of drug-likeness (QED) is 0.850. The maximum Gasteiger partial charge on any atom is 0.311 e. The van der Waals surface area contributed by atoms with Crippen molar-refractivity contribution >= 4 is 5.97 Å². The van der Waals surface area contributed by atoms with Crippen molar-refractivity contribution < 1.29 is 18.7 Å². The van der Waals surface area contributed by atoms with Crippen LogP contribution >= 0.6 is 0 Å². The lowest BCUT2D eigenvalue weighted by atomic mass is 9.72. The Bertz CT molecular complexity index is 449. The lowest BCUT2D eigenvalue weighted by Gasteiger charge is -2.32. The van der Waals surface area contributed by atoms with E-state index < -0.39 is 23.0 Å². The number of aliphatic carboxylic acids is 1. The Hall–Kier alpha value is -1.49. The Morgan fingerprint density at radius 3 is 2.50 bits per heavy atom. The molecule has 0 fully saturated rings. The predicted molar refractivity (Wildman–Crippen MR) is 64.0 cm³/mol. The molecule has 0 aliphatic rings. The highest BCUT2D eigenvalue weighted by Crippen LogP contribution is 2.32. The third kappa shape index (κ3) is 2.51. The second kappa shape index (κ2) is 5.44. The van der Waals surface area contributed by atoms with Crippen LogP contribution in [0.25, 0.3) is 0 Å². The van der Waals surface area contributed by atoms with Gasteiger partial charge in [-0.1, -0.05) is 26.0 Å². The van der Waals surface area contributed by atoms with E-state index in [2.05, 4.69) is 0 Å². The van der Waals surface area contributed by atoms with Gasteiger partial charge in [0.25, 0.3) is 0 Å².